The number of para-hydroxylation sites is 1. The van der Waals surface area contributed by atoms with E-state index in [1.54, 1.807) is 24.3 Å². The number of carbonyl (C=O) groups is 1. The number of sulfone groups is 1. The Morgan fingerprint density at radius 2 is 2.06 bits per heavy atom. The van der Waals surface area contributed by atoms with Gasteiger partial charge in [0.2, 0.25) is 5.91 Å². The first-order chi connectivity index (χ1) is 8.42. The topological polar surface area (TPSA) is 87.0 Å². The van der Waals surface area contributed by atoms with Gasteiger partial charge in [0.05, 0.1) is 17.0 Å². The summed E-state index contributed by atoms with van der Waals surface area (Å²) in [6.07, 6.45) is 1.53. The molecule has 0 unspecified atom stereocenters. The number of benzene rings is 1. The van der Waals surface area contributed by atoms with E-state index in [2.05, 4.69) is 5.32 Å². The summed E-state index contributed by atoms with van der Waals surface area (Å²) in [7, 11) is -3.04. The van der Waals surface area contributed by atoms with Crippen LogP contribution in [0.25, 0.3) is 0 Å². The molecule has 0 aliphatic carbocycles. The molecule has 0 spiro atoms. The maximum atomic E-state index is 11.6. The number of amides is 1. The largest absolute Gasteiger partial charge is 0.325 e. The molecule has 0 bridgehead atoms. The zero-order valence-corrected chi connectivity index (χ0v) is 10.8. The smallest absolute Gasteiger partial charge is 0.224 e. The molecule has 1 N–H and O–H groups in total. The van der Waals surface area contributed by atoms with Crippen molar-refractivity contribution in [1.82, 2.24) is 0 Å². The lowest BCUT2D eigenvalue weighted by molar-refractivity contribution is -0.116. The first kappa shape index (κ1) is 14.2. The highest BCUT2D eigenvalue weighted by Crippen LogP contribution is 2.13. The van der Waals surface area contributed by atoms with Crippen LogP contribution in [-0.4, -0.2) is 26.3 Å². The molecule has 1 rings (SSSR count). The zero-order valence-electron chi connectivity index (χ0n) is 10.0. The summed E-state index contributed by atoms with van der Waals surface area (Å²) in [5.41, 5.74) is 0.832. The first-order valence-corrected chi connectivity index (χ1v) is 7.45. The predicted molar refractivity (Wildman–Crippen MR) is 68.7 cm³/mol. The van der Waals surface area contributed by atoms with Crippen LogP contribution in [0.3, 0.4) is 0 Å². The number of hydrogen-bond donors (Lipinski definition) is 1. The Hall–Kier alpha value is -1.87. The number of carbonyl (C=O) groups excluding carboxylic acids is 1. The van der Waals surface area contributed by atoms with Gasteiger partial charge in [-0.3, -0.25) is 4.79 Å². The molecule has 6 heteroatoms. The summed E-state index contributed by atoms with van der Waals surface area (Å²) in [6, 6.07) is 8.63. The Bertz CT molecular complexity index is 573. The summed E-state index contributed by atoms with van der Waals surface area (Å²) in [6.45, 7) is 0. The highest BCUT2D eigenvalue weighted by molar-refractivity contribution is 7.90. The van der Waals surface area contributed by atoms with Crippen molar-refractivity contribution in [2.45, 2.75) is 12.8 Å². The number of nitrogens with zero attached hydrogens (tertiary/aromatic N) is 1. The lowest BCUT2D eigenvalue weighted by Gasteiger charge is -2.06. The zero-order chi connectivity index (χ0) is 13.6. The average molecular weight is 266 g/mol. The van der Waals surface area contributed by atoms with Crippen molar-refractivity contribution in [1.29, 1.82) is 5.26 Å². The number of rotatable bonds is 5. The van der Waals surface area contributed by atoms with E-state index in [1.165, 1.54) is 0 Å². The van der Waals surface area contributed by atoms with Gasteiger partial charge in [-0.2, -0.15) is 5.26 Å². The lowest BCUT2D eigenvalue weighted by Crippen LogP contribution is -2.14. The van der Waals surface area contributed by atoms with Crippen LogP contribution in [0, 0.1) is 11.3 Å². The molecule has 0 radical (unpaired) electrons. The quantitative estimate of drug-likeness (QED) is 0.870. The van der Waals surface area contributed by atoms with Crippen LogP contribution in [-0.2, 0) is 14.6 Å². The Labute approximate surface area is 106 Å². The van der Waals surface area contributed by atoms with Crippen LogP contribution in [0.2, 0.25) is 0 Å². The third-order valence-electron chi connectivity index (χ3n) is 2.24. The Balaban J connectivity index is 2.53. The second-order valence-electron chi connectivity index (χ2n) is 3.94. The van der Waals surface area contributed by atoms with E-state index in [0.29, 0.717) is 11.3 Å². The van der Waals surface area contributed by atoms with Gasteiger partial charge in [-0.05, 0) is 18.6 Å². The number of anilines is 1. The summed E-state index contributed by atoms with van der Waals surface area (Å²) < 4.78 is 21.8. The van der Waals surface area contributed by atoms with Crippen LogP contribution in [0.4, 0.5) is 5.69 Å². The van der Waals surface area contributed by atoms with Gasteiger partial charge in [0.15, 0.2) is 0 Å². The van der Waals surface area contributed by atoms with Gasteiger partial charge in [0, 0.05) is 12.7 Å². The van der Waals surface area contributed by atoms with Crippen molar-refractivity contribution in [3.8, 4) is 6.07 Å². The van der Waals surface area contributed by atoms with Crippen molar-refractivity contribution >= 4 is 21.4 Å². The summed E-state index contributed by atoms with van der Waals surface area (Å²) >= 11 is 0. The van der Waals surface area contributed by atoms with Gasteiger partial charge < -0.3 is 5.32 Å². The predicted octanol–water partition coefficient (Wildman–Crippen LogP) is 1.32. The monoisotopic (exact) mass is 266 g/mol. The minimum atomic E-state index is -3.04. The third kappa shape index (κ3) is 4.97. The molecular weight excluding hydrogens is 252 g/mol. The normalized spacial score (nSPS) is 10.7. The highest BCUT2D eigenvalue weighted by Gasteiger charge is 2.08. The SMILES string of the molecule is CS(=O)(=O)CCCC(=O)Nc1ccccc1C#N. The van der Waals surface area contributed by atoms with Crippen LogP contribution < -0.4 is 5.32 Å². The van der Waals surface area contributed by atoms with E-state index in [-0.39, 0.29) is 24.5 Å². The number of nitrogens with one attached hydrogen (secondary N) is 1. The number of hydrogen-bond acceptors (Lipinski definition) is 4. The molecule has 0 saturated carbocycles. The lowest BCUT2D eigenvalue weighted by atomic mass is 10.2. The Morgan fingerprint density at radius 3 is 2.67 bits per heavy atom. The van der Waals surface area contributed by atoms with E-state index >= 15 is 0 Å². The molecule has 0 heterocycles. The van der Waals surface area contributed by atoms with Crippen molar-refractivity contribution in [2.24, 2.45) is 0 Å². The summed E-state index contributed by atoms with van der Waals surface area (Å²) in [5, 5.41) is 11.4. The maximum absolute atomic E-state index is 11.6. The van der Waals surface area contributed by atoms with Crippen LogP contribution in [0.15, 0.2) is 24.3 Å². The van der Waals surface area contributed by atoms with Crippen molar-refractivity contribution in [3.05, 3.63) is 29.8 Å². The fraction of sp³-hybridized carbons (Fsp3) is 0.333. The molecule has 96 valence electrons. The average Bonchev–Trinajstić information content (AvgIpc) is 2.28. The molecule has 0 fully saturated rings. The van der Waals surface area contributed by atoms with Gasteiger partial charge in [0.1, 0.15) is 15.9 Å². The molecule has 0 aliphatic heterocycles. The molecule has 0 saturated heterocycles. The molecule has 18 heavy (non-hydrogen) atoms. The van der Waals surface area contributed by atoms with Crippen molar-refractivity contribution < 1.29 is 13.2 Å². The number of nitriles is 1. The minimum absolute atomic E-state index is 0.0136. The second kappa shape index (κ2) is 6.17. The van der Waals surface area contributed by atoms with Gasteiger partial charge in [-0.25, -0.2) is 8.42 Å². The summed E-state index contributed by atoms with van der Waals surface area (Å²) in [5.74, 6) is -0.304. The van der Waals surface area contributed by atoms with Gasteiger partial charge in [-0.15, -0.1) is 0 Å². The second-order valence-corrected chi connectivity index (χ2v) is 6.20. The molecule has 1 aromatic carbocycles. The van der Waals surface area contributed by atoms with E-state index in [9.17, 15) is 13.2 Å². The molecule has 0 atom stereocenters. The third-order valence-corrected chi connectivity index (χ3v) is 3.27. The fourth-order valence-corrected chi connectivity index (χ4v) is 2.07. The van der Waals surface area contributed by atoms with Gasteiger partial charge >= 0.3 is 0 Å². The van der Waals surface area contributed by atoms with E-state index in [4.69, 9.17) is 5.26 Å². The molecule has 1 amide bonds. The van der Waals surface area contributed by atoms with Crippen molar-refractivity contribution in [2.75, 3.05) is 17.3 Å². The van der Waals surface area contributed by atoms with Crippen LogP contribution in [0.1, 0.15) is 18.4 Å². The fourth-order valence-electron chi connectivity index (χ4n) is 1.40. The van der Waals surface area contributed by atoms with E-state index in [0.717, 1.165) is 6.26 Å². The van der Waals surface area contributed by atoms with Gasteiger partial charge in [-0.1, -0.05) is 12.1 Å². The van der Waals surface area contributed by atoms with E-state index < -0.39 is 9.84 Å². The molecular formula is C12H14N2O3S. The highest BCUT2D eigenvalue weighted by atomic mass is 32.2. The van der Waals surface area contributed by atoms with Crippen LogP contribution in [0.5, 0.6) is 0 Å². The minimum Gasteiger partial charge on any atom is -0.325 e. The Morgan fingerprint density at radius 1 is 1.39 bits per heavy atom. The van der Waals surface area contributed by atoms with Crippen molar-refractivity contribution in [3.63, 3.8) is 0 Å². The molecule has 5 nitrogen and oxygen atoms in total. The standard InChI is InChI=1S/C12H14N2O3S/c1-18(16,17)8-4-7-12(15)14-11-6-3-2-5-10(11)9-13/h2-3,5-6H,4,7-8H2,1H3,(H,14,15). The first-order valence-electron chi connectivity index (χ1n) is 5.39. The molecule has 1 aromatic rings. The Kier molecular flexibility index (Phi) is 4.86. The maximum Gasteiger partial charge on any atom is 0.224 e. The van der Waals surface area contributed by atoms with Crippen LogP contribution >= 0.6 is 0 Å². The van der Waals surface area contributed by atoms with E-state index in [1.807, 2.05) is 6.07 Å². The van der Waals surface area contributed by atoms with Gasteiger partial charge in [0.25, 0.3) is 0 Å². The molecule has 0 aromatic heterocycles. The summed E-state index contributed by atoms with van der Waals surface area (Å²) in [4.78, 5) is 11.6. The molecule has 0 aliphatic rings.